The van der Waals surface area contributed by atoms with E-state index in [1.807, 2.05) is 36.4 Å². The number of benzene rings is 2. The van der Waals surface area contributed by atoms with Crippen molar-refractivity contribution in [3.8, 4) is 11.5 Å². The van der Waals surface area contributed by atoms with E-state index in [1.54, 1.807) is 14.2 Å². The molecule has 1 aromatic heterocycles. The van der Waals surface area contributed by atoms with Crippen LogP contribution in [0.4, 0.5) is 5.69 Å². The van der Waals surface area contributed by atoms with Crippen LogP contribution in [0.5, 0.6) is 11.5 Å². The Labute approximate surface area is 171 Å². The molecule has 4 rings (SSSR count). The maximum atomic E-state index is 13.2. The highest BCUT2D eigenvalue weighted by atomic mass is 16.5. The molecule has 1 saturated carbocycles. The molecular formula is C24H28N2O3. The molecule has 0 atom stereocenters. The molecule has 1 aliphatic rings. The van der Waals surface area contributed by atoms with Crippen molar-refractivity contribution in [2.24, 2.45) is 0 Å². The molecule has 2 N–H and O–H groups in total. The summed E-state index contributed by atoms with van der Waals surface area (Å²) in [5.74, 6) is 1.34. The molecule has 152 valence electrons. The van der Waals surface area contributed by atoms with Crippen molar-refractivity contribution < 1.29 is 14.3 Å². The maximum absolute atomic E-state index is 13.2. The Bertz CT molecular complexity index is 1070. The van der Waals surface area contributed by atoms with Crippen LogP contribution in [0, 0.1) is 0 Å². The zero-order chi connectivity index (χ0) is 20.8. The number of rotatable bonds is 5. The van der Waals surface area contributed by atoms with E-state index < -0.39 is 5.41 Å². The highest BCUT2D eigenvalue weighted by molar-refractivity contribution is 6.02. The fourth-order valence-electron chi connectivity index (χ4n) is 3.77. The van der Waals surface area contributed by atoms with Crippen LogP contribution in [0.3, 0.4) is 0 Å². The first-order valence-corrected chi connectivity index (χ1v) is 9.94. The summed E-state index contributed by atoms with van der Waals surface area (Å²) in [6, 6.07) is 13.9. The Morgan fingerprint density at radius 1 is 1.00 bits per heavy atom. The lowest BCUT2D eigenvalue weighted by Gasteiger charge is -2.18. The molecule has 3 aromatic rings. The zero-order valence-electron chi connectivity index (χ0n) is 17.7. The summed E-state index contributed by atoms with van der Waals surface area (Å²) in [6.45, 7) is 6.54. The van der Waals surface area contributed by atoms with Gasteiger partial charge in [0.05, 0.1) is 19.6 Å². The van der Waals surface area contributed by atoms with Gasteiger partial charge in [0.25, 0.3) is 0 Å². The number of ether oxygens (including phenoxy) is 2. The molecule has 29 heavy (non-hydrogen) atoms. The van der Waals surface area contributed by atoms with Crippen LogP contribution >= 0.6 is 0 Å². The van der Waals surface area contributed by atoms with E-state index in [9.17, 15) is 4.79 Å². The molecule has 5 heteroatoms. The maximum Gasteiger partial charge on any atom is 0.235 e. The van der Waals surface area contributed by atoms with Gasteiger partial charge < -0.3 is 19.8 Å². The molecule has 2 aromatic carbocycles. The number of aromatic nitrogens is 1. The Morgan fingerprint density at radius 3 is 2.34 bits per heavy atom. The molecule has 0 spiro atoms. The third kappa shape index (κ3) is 3.46. The van der Waals surface area contributed by atoms with Crippen LogP contribution in [0.25, 0.3) is 10.9 Å². The van der Waals surface area contributed by atoms with E-state index in [4.69, 9.17) is 9.47 Å². The van der Waals surface area contributed by atoms with E-state index in [2.05, 4.69) is 37.1 Å². The number of carbonyl (C=O) groups is 1. The molecule has 1 heterocycles. The quantitative estimate of drug-likeness (QED) is 0.631. The number of anilines is 1. The van der Waals surface area contributed by atoms with Crippen molar-refractivity contribution in [3.63, 3.8) is 0 Å². The molecule has 0 saturated heterocycles. The first-order valence-electron chi connectivity index (χ1n) is 9.94. The SMILES string of the molecule is COc1ccc(C2(C(=O)Nc3ccc4[nH]c(C(C)(C)C)cc4c3)CC2)cc1OC. The third-order valence-corrected chi connectivity index (χ3v) is 5.81. The summed E-state index contributed by atoms with van der Waals surface area (Å²) < 4.78 is 10.7. The normalized spacial score (nSPS) is 15.2. The summed E-state index contributed by atoms with van der Waals surface area (Å²) in [4.78, 5) is 16.6. The fraction of sp³-hybridized carbons (Fsp3) is 0.375. The molecule has 0 radical (unpaired) electrons. The summed E-state index contributed by atoms with van der Waals surface area (Å²) in [5, 5.41) is 4.23. The van der Waals surface area contributed by atoms with Gasteiger partial charge in [0.2, 0.25) is 5.91 Å². The van der Waals surface area contributed by atoms with Crippen LogP contribution in [0.2, 0.25) is 0 Å². The number of nitrogens with one attached hydrogen (secondary N) is 2. The van der Waals surface area contributed by atoms with Crippen LogP contribution in [0.1, 0.15) is 44.9 Å². The second kappa shape index (κ2) is 6.83. The second-order valence-electron chi connectivity index (χ2n) is 8.84. The van der Waals surface area contributed by atoms with Crippen molar-refractivity contribution >= 4 is 22.5 Å². The molecule has 1 aliphatic carbocycles. The monoisotopic (exact) mass is 392 g/mol. The van der Waals surface area contributed by atoms with Gasteiger partial charge in [-0.15, -0.1) is 0 Å². The van der Waals surface area contributed by atoms with Gasteiger partial charge in [-0.3, -0.25) is 4.79 Å². The van der Waals surface area contributed by atoms with Gasteiger partial charge in [-0.2, -0.15) is 0 Å². The summed E-state index contributed by atoms with van der Waals surface area (Å²) in [5.41, 5.74) is 3.59. The van der Waals surface area contributed by atoms with Gasteiger partial charge in [0, 0.05) is 27.7 Å². The van der Waals surface area contributed by atoms with Gasteiger partial charge in [-0.05, 0) is 54.8 Å². The minimum atomic E-state index is -0.497. The van der Waals surface area contributed by atoms with Gasteiger partial charge in [-0.1, -0.05) is 26.8 Å². The lowest BCUT2D eigenvalue weighted by Crippen LogP contribution is -2.27. The van der Waals surface area contributed by atoms with Crippen molar-refractivity contribution in [2.45, 2.75) is 44.4 Å². The highest BCUT2D eigenvalue weighted by Crippen LogP contribution is 2.50. The van der Waals surface area contributed by atoms with Crippen LogP contribution in [-0.4, -0.2) is 25.1 Å². The average Bonchev–Trinajstić information content (AvgIpc) is 3.39. The van der Waals surface area contributed by atoms with Gasteiger partial charge >= 0.3 is 0 Å². The van der Waals surface area contributed by atoms with Crippen molar-refractivity contribution in [3.05, 3.63) is 53.7 Å². The minimum Gasteiger partial charge on any atom is -0.493 e. The summed E-state index contributed by atoms with van der Waals surface area (Å²) in [7, 11) is 3.22. The number of hydrogen-bond acceptors (Lipinski definition) is 3. The molecule has 0 unspecified atom stereocenters. The first-order chi connectivity index (χ1) is 13.8. The number of amides is 1. The van der Waals surface area contributed by atoms with Gasteiger partial charge in [0.1, 0.15) is 0 Å². The highest BCUT2D eigenvalue weighted by Gasteiger charge is 2.51. The summed E-state index contributed by atoms with van der Waals surface area (Å²) in [6.07, 6.45) is 1.66. The number of carbonyl (C=O) groups excluding carboxylic acids is 1. The Hall–Kier alpha value is -2.95. The molecule has 5 nitrogen and oxygen atoms in total. The molecule has 1 fully saturated rings. The van der Waals surface area contributed by atoms with E-state index in [0.717, 1.165) is 35.0 Å². The van der Waals surface area contributed by atoms with Gasteiger partial charge in [0.15, 0.2) is 11.5 Å². The number of hydrogen-bond donors (Lipinski definition) is 2. The number of aromatic amines is 1. The van der Waals surface area contributed by atoms with Crippen LogP contribution < -0.4 is 14.8 Å². The third-order valence-electron chi connectivity index (χ3n) is 5.81. The Kier molecular flexibility index (Phi) is 4.56. The smallest absolute Gasteiger partial charge is 0.235 e. The average molecular weight is 392 g/mol. The van der Waals surface area contributed by atoms with Crippen LogP contribution in [0.15, 0.2) is 42.5 Å². The largest absolute Gasteiger partial charge is 0.493 e. The molecular weight excluding hydrogens is 364 g/mol. The number of fused-ring (bicyclic) bond motifs is 1. The van der Waals surface area contributed by atoms with Crippen molar-refractivity contribution in [1.82, 2.24) is 4.98 Å². The van der Waals surface area contributed by atoms with Crippen molar-refractivity contribution in [1.29, 1.82) is 0 Å². The number of H-pyrrole nitrogens is 1. The predicted octanol–water partition coefficient (Wildman–Crippen LogP) is 5.15. The van der Waals surface area contributed by atoms with Crippen molar-refractivity contribution in [2.75, 3.05) is 19.5 Å². The molecule has 1 amide bonds. The van der Waals surface area contributed by atoms with E-state index in [-0.39, 0.29) is 11.3 Å². The standard InChI is InChI=1S/C24H28N2O3/c1-23(2,3)21-13-15-12-17(7-8-18(15)26-21)25-22(27)24(10-11-24)16-6-9-19(28-4)20(14-16)29-5/h6-9,12-14,26H,10-11H2,1-5H3,(H,25,27). The molecule has 0 aliphatic heterocycles. The Balaban J connectivity index is 1.59. The Morgan fingerprint density at radius 2 is 1.72 bits per heavy atom. The van der Waals surface area contributed by atoms with Crippen LogP contribution in [-0.2, 0) is 15.6 Å². The minimum absolute atomic E-state index is 0.0238. The second-order valence-corrected chi connectivity index (χ2v) is 8.84. The predicted molar refractivity (Wildman–Crippen MR) is 116 cm³/mol. The fourth-order valence-corrected chi connectivity index (χ4v) is 3.77. The lowest BCUT2D eigenvalue weighted by molar-refractivity contribution is -0.118. The lowest BCUT2D eigenvalue weighted by atomic mass is 9.92. The first kappa shape index (κ1) is 19.4. The summed E-state index contributed by atoms with van der Waals surface area (Å²) >= 11 is 0. The van der Waals surface area contributed by atoms with Gasteiger partial charge in [-0.25, -0.2) is 0 Å². The van der Waals surface area contributed by atoms with E-state index in [0.29, 0.717) is 11.5 Å². The zero-order valence-corrected chi connectivity index (χ0v) is 17.7. The van der Waals surface area contributed by atoms with E-state index in [1.165, 1.54) is 5.69 Å². The molecule has 0 bridgehead atoms. The number of methoxy groups -OCH3 is 2. The van der Waals surface area contributed by atoms with E-state index >= 15 is 0 Å². The topological polar surface area (TPSA) is 63.3 Å².